The third kappa shape index (κ3) is 7.67. The number of benzene rings is 1. The average molecular weight is 574 g/mol. The number of hydrogen-bond donors (Lipinski definition) is 6. The molecule has 0 radical (unpaired) electrons. The van der Waals surface area contributed by atoms with Gasteiger partial charge >= 0.3 is 19.1 Å². The van der Waals surface area contributed by atoms with E-state index in [1.54, 1.807) is 32.9 Å². The van der Waals surface area contributed by atoms with E-state index in [9.17, 15) is 24.2 Å². The highest BCUT2D eigenvalue weighted by Gasteiger charge is 2.38. The predicted octanol–water partition coefficient (Wildman–Crippen LogP) is -1.76. The maximum atomic E-state index is 12.7. The van der Waals surface area contributed by atoms with Gasteiger partial charge in [0.15, 0.2) is 5.60 Å². The third-order valence-corrected chi connectivity index (χ3v) is 6.64. The van der Waals surface area contributed by atoms with Gasteiger partial charge in [-0.3, -0.25) is 20.0 Å². The molecule has 3 aliphatic heterocycles. The lowest BCUT2D eigenvalue weighted by Crippen LogP contribution is -2.55. The highest BCUT2D eigenvalue weighted by Crippen LogP contribution is 2.30. The van der Waals surface area contributed by atoms with Crippen molar-refractivity contribution in [2.24, 2.45) is 0 Å². The Morgan fingerprint density at radius 2 is 2.02 bits per heavy atom. The van der Waals surface area contributed by atoms with Crippen LogP contribution in [0.2, 0.25) is 0 Å². The summed E-state index contributed by atoms with van der Waals surface area (Å²) in [6.45, 7) is 5.90. The van der Waals surface area contributed by atoms with Crippen molar-refractivity contribution in [1.29, 1.82) is 0 Å². The molecule has 2 atom stereocenters. The van der Waals surface area contributed by atoms with E-state index in [0.29, 0.717) is 18.7 Å². The van der Waals surface area contributed by atoms with Crippen LogP contribution in [0.4, 0.5) is 0 Å². The second-order valence-electron chi connectivity index (χ2n) is 10.2. The number of nitrogens with one attached hydrogen (secondary N) is 5. The van der Waals surface area contributed by atoms with Crippen LogP contribution < -0.4 is 31.6 Å². The van der Waals surface area contributed by atoms with E-state index in [1.807, 2.05) is 0 Å². The molecule has 41 heavy (non-hydrogen) atoms. The lowest BCUT2D eigenvalue weighted by molar-refractivity contribution is -0.176. The Morgan fingerprint density at radius 1 is 1.22 bits per heavy atom. The van der Waals surface area contributed by atoms with Crippen LogP contribution in [0.15, 0.2) is 30.1 Å². The summed E-state index contributed by atoms with van der Waals surface area (Å²) in [7, 11) is -1.45. The summed E-state index contributed by atoms with van der Waals surface area (Å²) in [6.07, 6.45) is 2.50. The summed E-state index contributed by atoms with van der Waals surface area (Å²) in [5.41, 5.74) is 5.14. The molecule has 0 aromatic heterocycles. The molecule has 1 aromatic rings. The topological polar surface area (TPSA) is 189 Å². The molecule has 0 saturated carbocycles. The molecular formula is C25H35BN6O9. The van der Waals surface area contributed by atoms with Crippen molar-refractivity contribution >= 4 is 30.9 Å². The normalized spacial score (nSPS) is 19.9. The highest BCUT2D eigenvalue weighted by molar-refractivity contribution is 6.47. The zero-order chi connectivity index (χ0) is 29.6. The molecule has 1 fully saturated rings. The van der Waals surface area contributed by atoms with Gasteiger partial charge in [-0.15, -0.1) is 5.53 Å². The maximum Gasteiger partial charge on any atom is 0.547 e. The second-order valence-corrected chi connectivity index (χ2v) is 10.2. The molecule has 16 heteroatoms. The van der Waals surface area contributed by atoms with Crippen LogP contribution in [0.5, 0.6) is 5.75 Å². The first-order valence-corrected chi connectivity index (χ1v) is 13.3. The number of fused-ring (bicyclic) bond motifs is 1. The summed E-state index contributed by atoms with van der Waals surface area (Å²) in [5.74, 6) is -2.94. The fourth-order valence-electron chi connectivity index (χ4n) is 4.52. The number of amides is 2. The lowest BCUT2D eigenvalue weighted by atomic mass is 9.72. The fraction of sp³-hybridized carbons (Fsp3) is 0.520. The standard InChI is InChI=1S/C25H35BN6O9/c1-4-40-25(2,3)24(36)39-14-38-23(35)17-7-5-6-15-10-19(26(37)41-21(15)17)29-20(33)13-32-12-18(30-31-32)22(34)28-16-8-9-27-11-16/h5-7,12,16,19,27,30-31,37H,4,8-11,13-14H2,1-3H3,(H,28,34)(H,29,33)/t16-,19-/m0/s1. The van der Waals surface area contributed by atoms with E-state index in [1.165, 1.54) is 17.3 Å². The van der Waals surface area contributed by atoms with E-state index >= 15 is 0 Å². The Bertz CT molecular complexity index is 1190. The molecule has 4 rings (SSSR count). The maximum absolute atomic E-state index is 12.7. The molecule has 0 aliphatic carbocycles. The van der Waals surface area contributed by atoms with Gasteiger partial charge in [0.05, 0.1) is 5.94 Å². The zero-order valence-electron chi connectivity index (χ0n) is 23.2. The van der Waals surface area contributed by atoms with Gasteiger partial charge in [-0.25, -0.2) is 9.59 Å². The molecule has 222 valence electrons. The second kappa shape index (κ2) is 13.2. The van der Waals surface area contributed by atoms with Crippen LogP contribution in [0.1, 0.15) is 43.1 Å². The molecule has 15 nitrogen and oxygen atoms in total. The minimum Gasteiger partial charge on any atom is -0.534 e. The molecule has 0 spiro atoms. The fourth-order valence-corrected chi connectivity index (χ4v) is 4.52. The third-order valence-electron chi connectivity index (χ3n) is 6.64. The van der Waals surface area contributed by atoms with Gasteiger partial charge in [-0.05, 0) is 51.8 Å². The molecule has 1 saturated heterocycles. The van der Waals surface area contributed by atoms with Crippen molar-refractivity contribution in [3.63, 3.8) is 0 Å². The number of hydrazine groups is 2. The Hall–Kier alpha value is -3.86. The molecule has 2 amide bonds. The van der Waals surface area contributed by atoms with Crippen LogP contribution in [0.25, 0.3) is 0 Å². The largest absolute Gasteiger partial charge is 0.547 e. The Labute approximate surface area is 237 Å². The molecule has 6 N–H and O–H groups in total. The number of esters is 2. The molecule has 1 aromatic carbocycles. The van der Waals surface area contributed by atoms with E-state index in [2.05, 4.69) is 26.9 Å². The van der Waals surface area contributed by atoms with Crippen LogP contribution in [-0.4, -0.2) is 91.5 Å². The smallest absolute Gasteiger partial charge is 0.534 e. The number of para-hydroxylation sites is 1. The Morgan fingerprint density at radius 3 is 2.76 bits per heavy atom. The summed E-state index contributed by atoms with van der Waals surface area (Å²) in [4.78, 5) is 49.9. The Balaban J connectivity index is 1.28. The zero-order valence-corrected chi connectivity index (χ0v) is 23.2. The average Bonchev–Trinajstić information content (AvgIpc) is 3.61. The lowest BCUT2D eigenvalue weighted by Gasteiger charge is -2.29. The van der Waals surface area contributed by atoms with E-state index < -0.39 is 43.3 Å². The van der Waals surface area contributed by atoms with E-state index in [0.717, 1.165) is 13.0 Å². The predicted molar refractivity (Wildman–Crippen MR) is 143 cm³/mol. The minimum atomic E-state index is -1.45. The molecular weight excluding hydrogens is 539 g/mol. The van der Waals surface area contributed by atoms with Crippen molar-refractivity contribution in [2.75, 3.05) is 33.0 Å². The number of carbonyl (C=O) groups is 4. The van der Waals surface area contributed by atoms with Gasteiger partial charge in [-0.2, -0.15) is 0 Å². The van der Waals surface area contributed by atoms with Crippen molar-refractivity contribution in [1.82, 2.24) is 31.9 Å². The number of carbonyl (C=O) groups excluding carboxylic acids is 4. The quantitative estimate of drug-likeness (QED) is 0.0992. The van der Waals surface area contributed by atoms with Crippen LogP contribution >= 0.6 is 0 Å². The first-order valence-electron chi connectivity index (χ1n) is 13.3. The highest BCUT2D eigenvalue weighted by atomic mass is 16.7. The van der Waals surface area contributed by atoms with Gasteiger partial charge in [0.1, 0.15) is 23.6 Å². The van der Waals surface area contributed by atoms with Crippen LogP contribution in [0, 0.1) is 0 Å². The van der Waals surface area contributed by atoms with Crippen LogP contribution in [0.3, 0.4) is 0 Å². The first-order chi connectivity index (χ1) is 19.6. The van der Waals surface area contributed by atoms with E-state index in [4.69, 9.17) is 18.9 Å². The number of nitrogens with zero attached hydrogens (tertiary/aromatic N) is 1. The van der Waals surface area contributed by atoms with E-state index in [-0.39, 0.29) is 41.9 Å². The summed E-state index contributed by atoms with van der Waals surface area (Å²) >= 11 is 0. The van der Waals surface area contributed by atoms with Gasteiger partial charge in [-0.1, -0.05) is 12.1 Å². The summed E-state index contributed by atoms with van der Waals surface area (Å²) in [5, 5.41) is 20.8. The Kier molecular flexibility index (Phi) is 9.70. The summed E-state index contributed by atoms with van der Waals surface area (Å²) in [6, 6.07) is 4.81. The number of rotatable bonds is 11. The molecule has 0 bridgehead atoms. The van der Waals surface area contributed by atoms with Gasteiger partial charge in [0, 0.05) is 25.4 Å². The van der Waals surface area contributed by atoms with Crippen molar-refractivity contribution in [3.8, 4) is 5.75 Å². The van der Waals surface area contributed by atoms with Gasteiger partial charge < -0.3 is 39.8 Å². The number of ether oxygens (including phenoxy) is 3. The van der Waals surface area contributed by atoms with Crippen molar-refractivity contribution in [3.05, 3.63) is 41.2 Å². The summed E-state index contributed by atoms with van der Waals surface area (Å²) < 4.78 is 21.0. The SMILES string of the molecule is CCOC(C)(C)C(=O)OCOC(=O)c1cccc2c1OB(O)[C@@H](NC(=O)CN1C=C(C(=O)N[C@H]3CCNC3)NN1)C2. The minimum absolute atomic E-state index is 0.0307. The monoisotopic (exact) mass is 574 g/mol. The molecule has 3 heterocycles. The first kappa shape index (κ1) is 30.1. The van der Waals surface area contributed by atoms with Gasteiger partial charge in [0.2, 0.25) is 12.7 Å². The van der Waals surface area contributed by atoms with Crippen molar-refractivity contribution < 1.29 is 43.1 Å². The number of hydrogen-bond acceptors (Lipinski definition) is 13. The molecule has 0 unspecified atom stereocenters. The van der Waals surface area contributed by atoms with Gasteiger partial charge in [0.25, 0.3) is 5.91 Å². The molecule has 3 aliphatic rings. The van der Waals surface area contributed by atoms with Crippen LogP contribution in [-0.2, 0) is 35.0 Å². The van der Waals surface area contributed by atoms with Crippen molar-refractivity contribution in [2.45, 2.75) is 51.2 Å².